The second-order valence-corrected chi connectivity index (χ2v) is 22.2. The summed E-state index contributed by atoms with van der Waals surface area (Å²) in [6, 6.07) is 12.4. The summed E-state index contributed by atoms with van der Waals surface area (Å²) < 4.78 is 155. The van der Waals surface area contributed by atoms with E-state index in [-0.39, 0.29) is 11.5 Å². The van der Waals surface area contributed by atoms with Gasteiger partial charge in [0.25, 0.3) is 0 Å². The van der Waals surface area contributed by atoms with Gasteiger partial charge in [-0.3, -0.25) is 0 Å². The number of aryl methyl sites for hydroxylation is 3. The average molecular weight is 852 g/mol. The fourth-order valence-electron chi connectivity index (χ4n) is 3.25. The van der Waals surface area contributed by atoms with Crippen LogP contribution in [0.4, 0.5) is 26.3 Å². The number of alkyl halides is 6. The number of carbonyl (C=O) groups is 1. The summed E-state index contributed by atoms with van der Waals surface area (Å²) in [5.74, 6) is -0.502. The Labute approximate surface area is 272 Å². The van der Waals surface area contributed by atoms with Crippen molar-refractivity contribution >= 4 is 51.9 Å². The van der Waals surface area contributed by atoms with E-state index in [0.29, 0.717) is 9.13 Å². The number of sulfonamides is 2. The molecule has 0 bridgehead atoms. The molecule has 0 aliphatic rings. The Morgan fingerprint density at radius 2 is 1.43 bits per heavy atom. The Morgan fingerprint density at radius 3 is 1.89 bits per heavy atom. The number of halogens is 7. The molecule has 3 aromatic rings. The van der Waals surface area contributed by atoms with E-state index in [9.17, 15) is 59.8 Å². The van der Waals surface area contributed by atoms with Crippen LogP contribution in [0.15, 0.2) is 66.0 Å². The quantitative estimate of drug-likeness (QED) is 0.0935. The van der Waals surface area contributed by atoms with Crippen molar-refractivity contribution in [3.8, 4) is 0 Å². The van der Waals surface area contributed by atoms with Gasteiger partial charge in [0.15, 0.2) is 20.0 Å². The molecule has 264 valence electrons. The van der Waals surface area contributed by atoms with Gasteiger partial charge in [0.05, 0.1) is 0 Å². The Kier molecular flexibility index (Phi) is 13.4. The molecule has 0 spiro atoms. The van der Waals surface area contributed by atoms with Crippen molar-refractivity contribution in [1.82, 2.24) is 4.57 Å². The largest absolute Gasteiger partial charge is 0.480 e. The Morgan fingerprint density at radius 1 is 0.915 bits per heavy atom. The van der Waals surface area contributed by atoms with Gasteiger partial charge < -0.3 is 4.13 Å². The second kappa shape index (κ2) is 15.6. The zero-order valence-corrected chi connectivity index (χ0v) is 29.1. The minimum Gasteiger partial charge on any atom is -0.421 e. The zero-order chi connectivity index (χ0) is 36.0. The SMILES string of the molecule is CCCC[n+]1cc(COC(=O)c2ccc(I(O)S(=O)(=O)c3ccc(C)cc3)cc2)n(C)c1.O=S(=O)([N-]S(=O)(=O)C(F)(F)F)C(F)(F)F. The molecule has 3 rings (SSSR count). The van der Waals surface area contributed by atoms with E-state index in [1.165, 1.54) is 36.4 Å². The van der Waals surface area contributed by atoms with Crippen LogP contribution in [0.3, 0.4) is 0 Å². The first-order valence-electron chi connectivity index (χ1n) is 12.8. The minimum atomic E-state index is -6.72. The molecule has 0 aliphatic carbocycles. The van der Waals surface area contributed by atoms with Crippen molar-refractivity contribution in [2.45, 2.75) is 55.8 Å². The molecular formula is C25H28F6IN3O9S3. The van der Waals surface area contributed by atoms with Gasteiger partial charge in [-0.2, -0.15) is 26.3 Å². The molecule has 0 amide bonds. The maximum atomic E-state index is 12.7. The van der Waals surface area contributed by atoms with Crippen molar-refractivity contribution in [1.29, 1.82) is 0 Å². The van der Waals surface area contributed by atoms with Gasteiger partial charge in [0.1, 0.15) is 0 Å². The number of nitrogens with zero attached hydrogens (tertiary/aromatic N) is 3. The smallest absolute Gasteiger partial charge is 0.421 e. The first-order chi connectivity index (χ1) is 21.4. The van der Waals surface area contributed by atoms with E-state index in [4.69, 9.17) is 4.74 Å². The predicted molar refractivity (Wildman–Crippen MR) is 163 cm³/mol. The number of unbranched alkanes of at least 4 members (excludes halogenated alkanes) is 1. The molecule has 22 heteroatoms. The standard InChI is InChI=1S/C23H28IN2O5S.C2F6NO4S2/c1-4-5-14-26-15-21(25(3)17-26)16-31-23(27)19-8-10-20(11-9-19)24(28)32(29,30)22-12-6-18(2)7-13-22;3-1(4,5)14(10,11)9-15(12,13)2(6,7)8/h6-13,15,17,28H,4-5,14,16H2,1-3H3;/q+1;-1. The first kappa shape index (κ1) is 40.4. The molecule has 0 saturated carbocycles. The molecule has 0 unspecified atom stereocenters. The van der Waals surface area contributed by atoms with Crippen LogP contribution in [0.5, 0.6) is 0 Å². The summed E-state index contributed by atoms with van der Waals surface area (Å²) in [5, 5.41) is 0. The molecule has 0 saturated heterocycles. The van der Waals surface area contributed by atoms with Gasteiger partial charge in [0, 0.05) is 0 Å². The third kappa shape index (κ3) is 10.9. The number of carbonyl (C=O) groups excluding carboxylic acids is 1. The van der Waals surface area contributed by atoms with Crippen molar-refractivity contribution < 1.29 is 69.1 Å². The molecule has 47 heavy (non-hydrogen) atoms. The first-order valence-corrected chi connectivity index (χ1v) is 21.8. The number of imidazole rings is 1. The molecular weight excluding hydrogens is 823 g/mol. The van der Waals surface area contributed by atoms with Crippen LogP contribution in [-0.2, 0) is 52.0 Å². The summed E-state index contributed by atoms with van der Waals surface area (Å²) in [6.07, 6.45) is 6.11. The van der Waals surface area contributed by atoms with Crippen molar-refractivity contribution in [3.63, 3.8) is 0 Å². The van der Waals surface area contributed by atoms with Crippen molar-refractivity contribution in [2.24, 2.45) is 7.05 Å². The van der Waals surface area contributed by atoms with E-state index in [1.807, 2.05) is 31.1 Å². The van der Waals surface area contributed by atoms with Crippen LogP contribution in [0.1, 0.15) is 41.4 Å². The third-order valence-electron chi connectivity index (χ3n) is 5.75. The van der Waals surface area contributed by atoms with E-state index in [2.05, 4.69) is 11.5 Å². The van der Waals surface area contributed by atoms with E-state index >= 15 is 0 Å². The molecule has 12 nitrogen and oxygen atoms in total. The van der Waals surface area contributed by atoms with Gasteiger partial charge in [-0.15, -0.1) is 0 Å². The fourth-order valence-corrected chi connectivity index (χ4v) is 11.8. The normalized spacial score (nSPS) is 13.0. The van der Waals surface area contributed by atoms with Crippen LogP contribution >= 0.6 is 18.8 Å². The van der Waals surface area contributed by atoms with Gasteiger partial charge in [-0.05, 0) is 0 Å². The van der Waals surface area contributed by atoms with Crippen LogP contribution in [-0.4, -0.2) is 50.2 Å². The van der Waals surface area contributed by atoms with Gasteiger partial charge in [-0.25, -0.2) is 16.8 Å². The number of ether oxygens (including phenoxy) is 1. The number of hydrogen-bond acceptors (Lipinski definition) is 9. The van der Waals surface area contributed by atoms with E-state index < -0.39 is 62.9 Å². The molecule has 0 fully saturated rings. The van der Waals surface area contributed by atoms with E-state index in [1.54, 1.807) is 12.1 Å². The van der Waals surface area contributed by atoms with Crippen LogP contribution in [0, 0.1) is 10.5 Å². The Bertz CT molecular complexity index is 1820. The summed E-state index contributed by atoms with van der Waals surface area (Å²) in [6.45, 7) is 5.05. The summed E-state index contributed by atoms with van der Waals surface area (Å²) in [5.41, 5.74) is -10.3. The zero-order valence-electron chi connectivity index (χ0n) is 24.5. The second-order valence-electron chi connectivity index (χ2n) is 9.42. The monoisotopic (exact) mass is 851 g/mol. The van der Waals surface area contributed by atoms with Crippen molar-refractivity contribution in [3.05, 3.63) is 85.6 Å². The summed E-state index contributed by atoms with van der Waals surface area (Å²) in [7, 11) is -15.3. The topological polar surface area (TPSA) is 172 Å². The fraction of sp³-hybridized carbons (Fsp3) is 0.360. The molecule has 1 N–H and O–H groups in total. The molecule has 1 heterocycles. The molecule has 0 radical (unpaired) electrons. The number of benzene rings is 2. The predicted octanol–water partition coefficient (Wildman–Crippen LogP) is 4.81. The Balaban J connectivity index is 0.000000433. The summed E-state index contributed by atoms with van der Waals surface area (Å²) >= 11 is -3.53. The molecule has 1 aromatic heterocycles. The van der Waals surface area contributed by atoms with Gasteiger partial charge in [-0.1, -0.05) is 13.3 Å². The van der Waals surface area contributed by atoms with Crippen LogP contribution in [0.2, 0.25) is 0 Å². The molecule has 2 aromatic carbocycles. The number of rotatable bonds is 11. The number of aromatic nitrogens is 2. The maximum absolute atomic E-state index is 12.7. The van der Waals surface area contributed by atoms with Gasteiger partial charge in [0.2, 0.25) is 0 Å². The Hall–Kier alpha value is -2.80. The van der Waals surface area contributed by atoms with Crippen LogP contribution < -0.4 is 4.57 Å². The maximum Gasteiger partial charge on any atom is 0.480 e. The van der Waals surface area contributed by atoms with E-state index in [0.717, 1.165) is 34.8 Å². The van der Waals surface area contributed by atoms with Gasteiger partial charge >= 0.3 is 193 Å². The van der Waals surface area contributed by atoms with Crippen molar-refractivity contribution in [2.75, 3.05) is 0 Å². The average Bonchev–Trinajstić information content (AvgIpc) is 3.32. The number of hydrogen-bond donors (Lipinski definition) is 1. The molecule has 0 aliphatic heterocycles. The van der Waals surface area contributed by atoms with Crippen LogP contribution in [0.25, 0.3) is 4.13 Å². The minimum absolute atomic E-state index is 0.109. The summed E-state index contributed by atoms with van der Waals surface area (Å²) in [4.78, 5) is 12.5. The third-order valence-corrected chi connectivity index (χ3v) is 17.5. The number of esters is 1. The molecule has 0 atom stereocenters.